The minimum atomic E-state index is -1.02. The van der Waals surface area contributed by atoms with Gasteiger partial charge in [-0.15, -0.1) is 6.58 Å². The van der Waals surface area contributed by atoms with Gasteiger partial charge in [-0.05, 0) is 54.3 Å². The molecule has 0 fully saturated rings. The normalized spacial score (nSPS) is 10.6. The Kier molecular flexibility index (Phi) is 6.60. The average Bonchev–Trinajstić information content (AvgIpc) is 2.71. The minimum Gasteiger partial charge on any atom is -0.490 e. The van der Waals surface area contributed by atoms with Crippen molar-refractivity contribution in [1.29, 1.82) is 0 Å². The maximum atomic E-state index is 14.5. The third kappa shape index (κ3) is 4.99. The third-order valence-electron chi connectivity index (χ3n) is 4.37. The molecule has 0 heterocycles. The SMILES string of the molecule is C=CCCOc1ccc(-c2ccc(COc3ccc(C)cc3F)cc2)c(F)c1F. The van der Waals surface area contributed by atoms with Crippen LogP contribution in [0.1, 0.15) is 17.5 Å². The molecule has 0 aromatic heterocycles. The van der Waals surface area contributed by atoms with Crippen molar-refractivity contribution in [2.45, 2.75) is 20.0 Å². The highest BCUT2D eigenvalue weighted by Gasteiger charge is 2.16. The number of hydrogen-bond donors (Lipinski definition) is 0. The Bertz CT molecular complexity index is 998. The van der Waals surface area contributed by atoms with Gasteiger partial charge in [0.05, 0.1) is 6.61 Å². The third-order valence-corrected chi connectivity index (χ3v) is 4.37. The van der Waals surface area contributed by atoms with Gasteiger partial charge in [0.15, 0.2) is 23.1 Å². The molecule has 0 saturated heterocycles. The Balaban J connectivity index is 1.71. The van der Waals surface area contributed by atoms with Crippen molar-refractivity contribution >= 4 is 0 Å². The zero-order valence-electron chi connectivity index (χ0n) is 16.1. The largest absolute Gasteiger partial charge is 0.490 e. The van der Waals surface area contributed by atoms with Crippen molar-refractivity contribution in [3.8, 4) is 22.6 Å². The summed E-state index contributed by atoms with van der Waals surface area (Å²) in [4.78, 5) is 0. The average molecular weight is 398 g/mol. The second kappa shape index (κ2) is 9.32. The molecule has 0 atom stereocenters. The summed E-state index contributed by atoms with van der Waals surface area (Å²) < 4.78 is 53.3. The summed E-state index contributed by atoms with van der Waals surface area (Å²) in [5.74, 6) is -2.37. The Morgan fingerprint density at radius 3 is 2.28 bits per heavy atom. The zero-order valence-corrected chi connectivity index (χ0v) is 16.1. The summed E-state index contributed by atoms with van der Waals surface area (Å²) in [6.07, 6.45) is 2.18. The summed E-state index contributed by atoms with van der Waals surface area (Å²) in [5.41, 5.74) is 2.24. The van der Waals surface area contributed by atoms with E-state index in [4.69, 9.17) is 9.47 Å². The van der Waals surface area contributed by atoms with Crippen molar-refractivity contribution in [3.05, 3.63) is 95.8 Å². The highest BCUT2D eigenvalue weighted by Crippen LogP contribution is 2.30. The lowest BCUT2D eigenvalue weighted by molar-refractivity contribution is 0.290. The predicted octanol–water partition coefficient (Wildman–Crippen LogP) is 6.61. The van der Waals surface area contributed by atoms with E-state index in [1.54, 1.807) is 49.4 Å². The van der Waals surface area contributed by atoms with Crippen LogP contribution in [0.2, 0.25) is 0 Å². The molecule has 3 aromatic rings. The molecule has 0 aliphatic heterocycles. The number of rotatable bonds is 8. The molecule has 0 amide bonds. The molecule has 0 aliphatic carbocycles. The van der Waals surface area contributed by atoms with Crippen LogP contribution in [-0.4, -0.2) is 6.61 Å². The first kappa shape index (κ1) is 20.5. The fraction of sp³-hybridized carbons (Fsp3) is 0.167. The maximum Gasteiger partial charge on any atom is 0.201 e. The first-order chi connectivity index (χ1) is 14.0. The van der Waals surface area contributed by atoms with E-state index >= 15 is 0 Å². The molecular formula is C24H21F3O2. The molecule has 2 nitrogen and oxygen atoms in total. The van der Waals surface area contributed by atoms with Gasteiger partial charge in [0.2, 0.25) is 5.82 Å². The molecule has 29 heavy (non-hydrogen) atoms. The summed E-state index contributed by atoms with van der Waals surface area (Å²) in [6.45, 7) is 5.75. The lowest BCUT2D eigenvalue weighted by Crippen LogP contribution is -2.01. The number of hydrogen-bond acceptors (Lipinski definition) is 2. The molecule has 0 N–H and O–H groups in total. The van der Waals surface area contributed by atoms with Crippen molar-refractivity contribution in [1.82, 2.24) is 0 Å². The Labute approximate surface area is 168 Å². The van der Waals surface area contributed by atoms with Crippen LogP contribution in [-0.2, 0) is 6.61 Å². The first-order valence-electron chi connectivity index (χ1n) is 9.19. The van der Waals surface area contributed by atoms with Crippen LogP contribution in [0, 0.1) is 24.4 Å². The number of halogens is 3. The van der Waals surface area contributed by atoms with Crippen LogP contribution in [0.5, 0.6) is 11.5 Å². The molecule has 3 aromatic carbocycles. The van der Waals surface area contributed by atoms with Crippen molar-refractivity contribution in [2.24, 2.45) is 0 Å². The Morgan fingerprint density at radius 1 is 0.862 bits per heavy atom. The molecular weight excluding hydrogens is 377 g/mol. The standard InChI is InChI=1S/C24H21F3O2/c1-3-4-13-28-22-12-10-19(23(26)24(22)27)18-8-6-17(7-9-18)15-29-21-11-5-16(2)14-20(21)25/h3,5-12,14H,1,4,13,15H2,2H3. The van der Waals surface area contributed by atoms with E-state index in [2.05, 4.69) is 6.58 Å². The lowest BCUT2D eigenvalue weighted by atomic mass is 10.0. The second-order valence-electron chi connectivity index (χ2n) is 6.58. The quantitative estimate of drug-likeness (QED) is 0.314. The lowest BCUT2D eigenvalue weighted by Gasteiger charge is -2.11. The summed E-state index contributed by atoms with van der Waals surface area (Å²) in [5, 5.41) is 0. The van der Waals surface area contributed by atoms with Crippen molar-refractivity contribution in [2.75, 3.05) is 6.61 Å². The van der Waals surface area contributed by atoms with E-state index in [0.29, 0.717) is 12.0 Å². The van der Waals surface area contributed by atoms with Gasteiger partial charge in [-0.2, -0.15) is 4.39 Å². The van der Waals surface area contributed by atoms with Gasteiger partial charge >= 0.3 is 0 Å². The molecule has 150 valence electrons. The number of ether oxygens (including phenoxy) is 2. The van der Waals surface area contributed by atoms with Gasteiger partial charge in [-0.3, -0.25) is 0 Å². The molecule has 0 saturated carbocycles. The van der Waals surface area contributed by atoms with Crippen LogP contribution >= 0.6 is 0 Å². The van der Waals surface area contributed by atoms with E-state index in [9.17, 15) is 13.2 Å². The predicted molar refractivity (Wildman–Crippen MR) is 108 cm³/mol. The highest BCUT2D eigenvalue weighted by atomic mass is 19.2. The molecule has 0 spiro atoms. The van der Waals surface area contributed by atoms with Gasteiger partial charge in [-0.1, -0.05) is 36.4 Å². The fourth-order valence-corrected chi connectivity index (χ4v) is 2.78. The first-order valence-corrected chi connectivity index (χ1v) is 9.19. The van der Waals surface area contributed by atoms with Crippen LogP contribution < -0.4 is 9.47 Å². The maximum absolute atomic E-state index is 14.5. The van der Waals surface area contributed by atoms with E-state index in [1.807, 2.05) is 0 Å². The smallest absolute Gasteiger partial charge is 0.201 e. The summed E-state index contributed by atoms with van der Waals surface area (Å²) >= 11 is 0. The summed E-state index contributed by atoms with van der Waals surface area (Å²) in [6, 6.07) is 14.4. The van der Waals surface area contributed by atoms with E-state index in [1.165, 1.54) is 18.2 Å². The number of aryl methyl sites for hydroxylation is 1. The van der Waals surface area contributed by atoms with Crippen LogP contribution in [0.25, 0.3) is 11.1 Å². The molecule has 3 rings (SSSR count). The van der Waals surface area contributed by atoms with Gasteiger partial charge in [-0.25, -0.2) is 8.78 Å². The molecule has 0 bridgehead atoms. The van der Waals surface area contributed by atoms with Crippen molar-refractivity contribution < 1.29 is 22.6 Å². The Morgan fingerprint density at radius 2 is 1.59 bits per heavy atom. The van der Waals surface area contributed by atoms with Gasteiger partial charge < -0.3 is 9.47 Å². The van der Waals surface area contributed by atoms with E-state index in [-0.39, 0.29) is 30.3 Å². The molecule has 0 radical (unpaired) electrons. The zero-order chi connectivity index (χ0) is 20.8. The van der Waals surface area contributed by atoms with E-state index < -0.39 is 17.5 Å². The van der Waals surface area contributed by atoms with Gasteiger partial charge in [0, 0.05) is 5.56 Å². The minimum absolute atomic E-state index is 0.127. The monoisotopic (exact) mass is 398 g/mol. The molecule has 0 unspecified atom stereocenters. The van der Waals surface area contributed by atoms with Gasteiger partial charge in [0.1, 0.15) is 6.61 Å². The Hall–Kier alpha value is -3.21. The number of benzene rings is 3. The highest BCUT2D eigenvalue weighted by molar-refractivity contribution is 5.65. The van der Waals surface area contributed by atoms with Gasteiger partial charge in [0.25, 0.3) is 0 Å². The van der Waals surface area contributed by atoms with E-state index in [0.717, 1.165) is 11.1 Å². The van der Waals surface area contributed by atoms with Crippen molar-refractivity contribution in [3.63, 3.8) is 0 Å². The second-order valence-corrected chi connectivity index (χ2v) is 6.58. The fourth-order valence-electron chi connectivity index (χ4n) is 2.78. The van der Waals surface area contributed by atoms with Crippen LogP contribution in [0.15, 0.2) is 67.3 Å². The molecule has 0 aliphatic rings. The summed E-state index contributed by atoms with van der Waals surface area (Å²) in [7, 11) is 0. The topological polar surface area (TPSA) is 18.5 Å². The molecule has 5 heteroatoms. The van der Waals surface area contributed by atoms with Crippen LogP contribution in [0.3, 0.4) is 0 Å². The van der Waals surface area contributed by atoms with Crippen LogP contribution in [0.4, 0.5) is 13.2 Å².